The van der Waals surface area contributed by atoms with E-state index in [1.54, 1.807) is 0 Å². The van der Waals surface area contributed by atoms with Gasteiger partial charge in [0, 0.05) is 32.2 Å². The molecule has 1 fully saturated rings. The van der Waals surface area contributed by atoms with Crippen LogP contribution in [0.15, 0.2) is 48.5 Å². The third-order valence-corrected chi connectivity index (χ3v) is 4.65. The number of benzene rings is 2. The van der Waals surface area contributed by atoms with Gasteiger partial charge in [0.15, 0.2) is 0 Å². The Kier molecular flexibility index (Phi) is 4.69. The van der Waals surface area contributed by atoms with Gasteiger partial charge in [-0.05, 0) is 25.0 Å². The van der Waals surface area contributed by atoms with Crippen molar-refractivity contribution >= 4 is 0 Å². The van der Waals surface area contributed by atoms with Crippen LogP contribution < -0.4 is 0 Å². The molecule has 1 saturated heterocycles. The zero-order chi connectivity index (χ0) is 16.2. The summed E-state index contributed by atoms with van der Waals surface area (Å²) in [4.78, 5) is 4.61. The summed E-state index contributed by atoms with van der Waals surface area (Å²) in [5.41, 5.74) is 5.31. The van der Waals surface area contributed by atoms with E-state index in [0.717, 1.165) is 26.2 Å². The van der Waals surface area contributed by atoms with Crippen molar-refractivity contribution < 1.29 is 0 Å². The monoisotopic (exact) mass is 304 g/mol. The molecule has 1 heterocycles. The summed E-state index contributed by atoms with van der Waals surface area (Å²) in [6, 6.07) is 20.9. The molecule has 0 bridgehead atoms. The summed E-state index contributed by atoms with van der Waals surface area (Å²) in [7, 11) is 0. The van der Waals surface area contributed by atoms with Crippen LogP contribution in [0.4, 0.5) is 0 Å². The third kappa shape index (κ3) is 3.57. The molecule has 0 atom stereocenters. The van der Waals surface area contributed by atoms with Gasteiger partial charge in [0.05, 0.1) is 6.04 Å². The second-order valence-electron chi connectivity index (χ2n) is 6.38. The minimum atomic E-state index is 0.302. The zero-order valence-corrected chi connectivity index (χ0v) is 14.0. The van der Waals surface area contributed by atoms with Gasteiger partial charge in [-0.25, -0.2) is 0 Å². The second kappa shape index (κ2) is 6.89. The fourth-order valence-electron chi connectivity index (χ4n) is 3.22. The van der Waals surface area contributed by atoms with Gasteiger partial charge in [-0.3, -0.25) is 4.90 Å². The van der Waals surface area contributed by atoms with Gasteiger partial charge in [0.2, 0.25) is 0 Å². The van der Waals surface area contributed by atoms with Gasteiger partial charge in [-0.15, -0.1) is 0 Å². The molecular formula is C21H24N2. The molecule has 2 heteroatoms. The minimum absolute atomic E-state index is 0.302. The first-order valence-electron chi connectivity index (χ1n) is 8.26. The molecule has 0 saturated carbocycles. The van der Waals surface area contributed by atoms with Gasteiger partial charge in [-0.1, -0.05) is 66.1 Å². The first-order valence-corrected chi connectivity index (χ1v) is 8.26. The van der Waals surface area contributed by atoms with Crippen molar-refractivity contribution in [2.45, 2.75) is 19.9 Å². The molecule has 2 aromatic carbocycles. The molecular weight excluding hydrogens is 280 g/mol. The van der Waals surface area contributed by atoms with Gasteiger partial charge in [0.1, 0.15) is 0 Å². The summed E-state index contributed by atoms with van der Waals surface area (Å²) in [6.45, 7) is 8.13. The Morgan fingerprint density at radius 1 is 0.783 bits per heavy atom. The van der Waals surface area contributed by atoms with Crippen LogP contribution >= 0.6 is 0 Å². The van der Waals surface area contributed by atoms with Crippen LogP contribution in [0, 0.1) is 26.3 Å². The van der Waals surface area contributed by atoms with E-state index >= 15 is 0 Å². The Labute approximate surface area is 139 Å². The Morgan fingerprint density at radius 3 is 1.61 bits per heavy atom. The van der Waals surface area contributed by atoms with Gasteiger partial charge >= 0.3 is 0 Å². The fraction of sp³-hybridized carbons (Fsp3) is 0.333. The predicted molar refractivity (Wildman–Crippen MR) is 96.2 cm³/mol. The van der Waals surface area contributed by atoms with Crippen LogP contribution in [-0.4, -0.2) is 36.0 Å². The lowest BCUT2D eigenvalue weighted by Gasteiger charge is -2.38. The van der Waals surface area contributed by atoms with Crippen molar-refractivity contribution in [2.75, 3.05) is 26.2 Å². The van der Waals surface area contributed by atoms with Crippen molar-refractivity contribution in [3.05, 3.63) is 70.8 Å². The maximum absolute atomic E-state index is 5.54. The average molecular weight is 304 g/mol. The highest BCUT2D eigenvalue weighted by molar-refractivity contribution is 5.35. The average Bonchev–Trinajstić information content (AvgIpc) is 2.59. The maximum Gasteiger partial charge on any atom is 0.0603 e. The van der Waals surface area contributed by atoms with E-state index in [2.05, 4.69) is 78.2 Å². The highest BCUT2D eigenvalue weighted by Gasteiger charge is 2.25. The van der Waals surface area contributed by atoms with E-state index in [4.69, 9.17) is 6.42 Å². The SMILES string of the molecule is C#CN1CCN(C(c2ccc(C)cc2)c2ccc(C)cc2)CC1. The lowest BCUT2D eigenvalue weighted by molar-refractivity contribution is 0.145. The number of hydrogen-bond acceptors (Lipinski definition) is 2. The smallest absolute Gasteiger partial charge is 0.0603 e. The van der Waals surface area contributed by atoms with Crippen molar-refractivity contribution in [1.82, 2.24) is 9.80 Å². The second-order valence-corrected chi connectivity index (χ2v) is 6.38. The Bertz CT molecular complexity index is 626. The van der Waals surface area contributed by atoms with E-state index in [0.29, 0.717) is 6.04 Å². The van der Waals surface area contributed by atoms with E-state index < -0.39 is 0 Å². The molecule has 0 amide bonds. The molecule has 0 N–H and O–H groups in total. The summed E-state index contributed by atoms with van der Waals surface area (Å²) in [5, 5.41) is 0. The van der Waals surface area contributed by atoms with Crippen LogP contribution in [0.5, 0.6) is 0 Å². The molecule has 118 valence electrons. The predicted octanol–water partition coefficient (Wildman–Crippen LogP) is 3.60. The third-order valence-electron chi connectivity index (χ3n) is 4.65. The molecule has 23 heavy (non-hydrogen) atoms. The molecule has 0 unspecified atom stereocenters. The molecule has 0 aliphatic carbocycles. The van der Waals surface area contributed by atoms with Crippen LogP contribution in [0.3, 0.4) is 0 Å². The summed E-state index contributed by atoms with van der Waals surface area (Å²) in [5.74, 6) is 0. The van der Waals surface area contributed by atoms with Crippen LogP contribution in [0.1, 0.15) is 28.3 Å². The normalized spacial score (nSPS) is 15.7. The zero-order valence-electron chi connectivity index (χ0n) is 14.0. The number of hydrogen-bond donors (Lipinski definition) is 0. The molecule has 3 rings (SSSR count). The fourth-order valence-corrected chi connectivity index (χ4v) is 3.22. The van der Waals surface area contributed by atoms with Crippen LogP contribution in [0.25, 0.3) is 0 Å². The first kappa shape index (κ1) is 15.6. The molecule has 0 spiro atoms. The van der Waals surface area contributed by atoms with Gasteiger partial charge in [-0.2, -0.15) is 0 Å². The van der Waals surface area contributed by atoms with E-state index in [1.807, 2.05) is 0 Å². The lowest BCUT2D eigenvalue weighted by Crippen LogP contribution is -2.46. The minimum Gasteiger partial charge on any atom is -0.330 e. The van der Waals surface area contributed by atoms with E-state index in [-0.39, 0.29) is 0 Å². The van der Waals surface area contributed by atoms with Crippen molar-refractivity contribution in [3.8, 4) is 12.5 Å². The summed E-state index contributed by atoms with van der Waals surface area (Å²) in [6.07, 6.45) is 5.54. The van der Waals surface area contributed by atoms with E-state index in [9.17, 15) is 0 Å². The van der Waals surface area contributed by atoms with Crippen LogP contribution in [-0.2, 0) is 0 Å². The number of nitrogens with zero attached hydrogens (tertiary/aromatic N) is 2. The highest BCUT2D eigenvalue weighted by Crippen LogP contribution is 2.30. The summed E-state index contributed by atoms with van der Waals surface area (Å²) >= 11 is 0. The largest absolute Gasteiger partial charge is 0.330 e. The molecule has 2 nitrogen and oxygen atoms in total. The maximum atomic E-state index is 5.54. The van der Waals surface area contributed by atoms with Crippen molar-refractivity contribution in [3.63, 3.8) is 0 Å². The Hall–Kier alpha value is -2.24. The number of rotatable bonds is 3. The quantitative estimate of drug-likeness (QED) is 0.799. The van der Waals surface area contributed by atoms with Gasteiger partial charge < -0.3 is 4.90 Å². The van der Waals surface area contributed by atoms with Crippen molar-refractivity contribution in [1.29, 1.82) is 0 Å². The molecule has 2 aromatic rings. The molecule has 0 radical (unpaired) electrons. The first-order chi connectivity index (χ1) is 11.2. The standard InChI is InChI=1S/C21H24N2/c1-4-22-13-15-23(16-14-22)21(19-9-5-17(2)6-10-19)20-11-7-18(3)8-12-20/h1,5-12,21H,13-16H2,2-3H3. The number of aryl methyl sites for hydroxylation is 2. The van der Waals surface area contributed by atoms with Gasteiger partial charge in [0.25, 0.3) is 0 Å². The van der Waals surface area contributed by atoms with Crippen molar-refractivity contribution in [2.24, 2.45) is 0 Å². The molecule has 0 aromatic heterocycles. The summed E-state index contributed by atoms with van der Waals surface area (Å²) < 4.78 is 0. The Morgan fingerprint density at radius 2 is 1.22 bits per heavy atom. The number of terminal acetylenes is 1. The van der Waals surface area contributed by atoms with Crippen LogP contribution in [0.2, 0.25) is 0 Å². The molecule has 1 aliphatic heterocycles. The Balaban J connectivity index is 1.92. The lowest BCUT2D eigenvalue weighted by atomic mass is 9.95. The van der Waals surface area contributed by atoms with E-state index in [1.165, 1.54) is 22.3 Å². The topological polar surface area (TPSA) is 6.48 Å². The highest BCUT2D eigenvalue weighted by atomic mass is 15.3. The number of piperazine rings is 1. The molecule has 1 aliphatic rings.